The van der Waals surface area contributed by atoms with E-state index in [1.165, 1.54) is 11.1 Å². The lowest BCUT2D eigenvalue weighted by Gasteiger charge is -2.28. The number of nitrogens with zero attached hydrogens (tertiary/aromatic N) is 3. The standard InChI is InChI=1S/C19H20N4OS/c1-12-3-5-14(6-4-12)15-10-25-19-17(15)18(21-11-22-19)23-8-7-20-16(24)9-13(23)2/h3-6,10-11,13H,7-9H2,1-2H3,(H,20,24)/t13-/m0/s1. The summed E-state index contributed by atoms with van der Waals surface area (Å²) in [5.41, 5.74) is 3.57. The van der Waals surface area contributed by atoms with Crippen LogP contribution >= 0.6 is 11.3 Å². The molecule has 1 amide bonds. The number of aromatic nitrogens is 2. The van der Waals surface area contributed by atoms with E-state index in [1.54, 1.807) is 17.7 Å². The Morgan fingerprint density at radius 1 is 1.24 bits per heavy atom. The van der Waals surface area contributed by atoms with Crippen molar-refractivity contribution in [2.24, 2.45) is 0 Å². The van der Waals surface area contributed by atoms with E-state index in [0.717, 1.165) is 28.1 Å². The van der Waals surface area contributed by atoms with Crippen molar-refractivity contribution < 1.29 is 4.79 Å². The molecule has 25 heavy (non-hydrogen) atoms. The van der Waals surface area contributed by atoms with Gasteiger partial charge < -0.3 is 10.2 Å². The van der Waals surface area contributed by atoms with Gasteiger partial charge in [0.15, 0.2) is 0 Å². The van der Waals surface area contributed by atoms with Crippen molar-refractivity contribution in [2.45, 2.75) is 26.3 Å². The van der Waals surface area contributed by atoms with Crippen molar-refractivity contribution in [3.05, 3.63) is 41.5 Å². The summed E-state index contributed by atoms with van der Waals surface area (Å²) in [5.74, 6) is 1.02. The Balaban J connectivity index is 1.85. The Hall–Kier alpha value is -2.47. The first-order valence-electron chi connectivity index (χ1n) is 8.46. The van der Waals surface area contributed by atoms with Gasteiger partial charge in [0.05, 0.1) is 5.39 Å². The Morgan fingerprint density at radius 2 is 2.04 bits per heavy atom. The second kappa shape index (κ2) is 6.44. The second-order valence-electron chi connectivity index (χ2n) is 6.49. The fraction of sp³-hybridized carbons (Fsp3) is 0.316. The van der Waals surface area contributed by atoms with Crippen LogP contribution in [0.2, 0.25) is 0 Å². The van der Waals surface area contributed by atoms with E-state index in [-0.39, 0.29) is 11.9 Å². The maximum atomic E-state index is 11.8. The molecule has 1 aliphatic rings. The molecular formula is C19H20N4OS. The van der Waals surface area contributed by atoms with Crippen molar-refractivity contribution in [1.29, 1.82) is 0 Å². The van der Waals surface area contributed by atoms with E-state index in [4.69, 9.17) is 0 Å². The summed E-state index contributed by atoms with van der Waals surface area (Å²) in [6.45, 7) is 5.56. The smallest absolute Gasteiger partial charge is 0.222 e. The molecule has 1 atom stereocenters. The molecule has 1 fully saturated rings. The quantitative estimate of drug-likeness (QED) is 0.768. The van der Waals surface area contributed by atoms with Crippen molar-refractivity contribution in [3.8, 4) is 11.1 Å². The molecule has 128 valence electrons. The van der Waals surface area contributed by atoms with E-state index >= 15 is 0 Å². The van der Waals surface area contributed by atoms with Crippen LogP contribution in [0.5, 0.6) is 0 Å². The van der Waals surface area contributed by atoms with Crippen LogP contribution in [0.15, 0.2) is 36.0 Å². The van der Waals surface area contributed by atoms with Gasteiger partial charge in [0, 0.05) is 36.5 Å². The van der Waals surface area contributed by atoms with E-state index < -0.39 is 0 Å². The topological polar surface area (TPSA) is 58.1 Å². The SMILES string of the molecule is Cc1ccc(-c2csc3ncnc(N4CCNC(=O)C[C@@H]4C)c23)cc1. The molecule has 0 unspecified atom stereocenters. The van der Waals surface area contributed by atoms with Crippen LogP contribution in [0, 0.1) is 6.92 Å². The van der Waals surface area contributed by atoms with Crippen LogP contribution in [-0.4, -0.2) is 35.0 Å². The minimum atomic E-state index is 0.101. The number of thiophene rings is 1. The monoisotopic (exact) mass is 352 g/mol. The third-order valence-corrected chi connectivity index (χ3v) is 5.56. The van der Waals surface area contributed by atoms with Gasteiger partial charge in [0.2, 0.25) is 5.91 Å². The predicted molar refractivity (Wildman–Crippen MR) is 102 cm³/mol. The largest absolute Gasteiger partial charge is 0.354 e. The molecule has 0 radical (unpaired) electrons. The van der Waals surface area contributed by atoms with Gasteiger partial charge in [-0.2, -0.15) is 0 Å². The van der Waals surface area contributed by atoms with Gasteiger partial charge in [-0.1, -0.05) is 29.8 Å². The highest BCUT2D eigenvalue weighted by Gasteiger charge is 2.25. The average molecular weight is 352 g/mol. The second-order valence-corrected chi connectivity index (χ2v) is 7.35. The third-order valence-electron chi connectivity index (χ3n) is 4.67. The van der Waals surface area contributed by atoms with Crippen LogP contribution in [0.4, 0.5) is 5.82 Å². The number of hydrogen-bond donors (Lipinski definition) is 1. The average Bonchev–Trinajstić information content (AvgIpc) is 2.96. The fourth-order valence-electron chi connectivity index (χ4n) is 3.32. The lowest BCUT2D eigenvalue weighted by Crippen LogP contribution is -2.35. The first-order valence-corrected chi connectivity index (χ1v) is 9.34. The molecule has 5 nitrogen and oxygen atoms in total. The Labute approximate surface area is 150 Å². The van der Waals surface area contributed by atoms with Crippen LogP contribution in [0.3, 0.4) is 0 Å². The minimum Gasteiger partial charge on any atom is -0.354 e. The summed E-state index contributed by atoms with van der Waals surface area (Å²) in [7, 11) is 0. The zero-order chi connectivity index (χ0) is 17.4. The fourth-order valence-corrected chi connectivity index (χ4v) is 4.23. The number of carbonyl (C=O) groups is 1. The highest BCUT2D eigenvalue weighted by molar-refractivity contribution is 7.17. The first kappa shape index (κ1) is 16.0. The maximum Gasteiger partial charge on any atom is 0.222 e. The number of benzene rings is 1. The summed E-state index contributed by atoms with van der Waals surface area (Å²) in [6, 6.07) is 8.64. The first-order chi connectivity index (χ1) is 12.1. The number of rotatable bonds is 2. The lowest BCUT2D eigenvalue weighted by molar-refractivity contribution is -0.120. The maximum absolute atomic E-state index is 11.8. The molecule has 3 heterocycles. The van der Waals surface area contributed by atoms with Crippen molar-refractivity contribution in [3.63, 3.8) is 0 Å². The van der Waals surface area contributed by atoms with Gasteiger partial charge in [-0.3, -0.25) is 4.79 Å². The molecule has 0 spiro atoms. The van der Waals surface area contributed by atoms with Gasteiger partial charge in [0.25, 0.3) is 0 Å². The van der Waals surface area contributed by atoms with Crippen molar-refractivity contribution in [2.75, 3.05) is 18.0 Å². The molecule has 1 aliphatic heterocycles. The number of hydrogen-bond acceptors (Lipinski definition) is 5. The highest BCUT2D eigenvalue weighted by Crippen LogP contribution is 2.38. The van der Waals surface area contributed by atoms with Crippen molar-refractivity contribution >= 4 is 33.3 Å². The van der Waals surface area contributed by atoms with E-state index in [9.17, 15) is 4.79 Å². The van der Waals surface area contributed by atoms with Crippen LogP contribution in [0.25, 0.3) is 21.3 Å². The molecule has 0 saturated carbocycles. The normalized spacial score (nSPS) is 18.2. The molecule has 1 saturated heterocycles. The van der Waals surface area contributed by atoms with Gasteiger partial charge in [-0.25, -0.2) is 9.97 Å². The van der Waals surface area contributed by atoms with Gasteiger partial charge in [-0.15, -0.1) is 11.3 Å². The van der Waals surface area contributed by atoms with E-state index in [1.807, 2.05) is 0 Å². The molecular weight excluding hydrogens is 332 g/mol. The number of fused-ring (bicyclic) bond motifs is 1. The van der Waals surface area contributed by atoms with Crippen LogP contribution in [-0.2, 0) is 4.79 Å². The van der Waals surface area contributed by atoms with Gasteiger partial charge in [0.1, 0.15) is 17.0 Å². The number of carbonyl (C=O) groups excluding carboxylic acids is 1. The van der Waals surface area contributed by atoms with Crippen LogP contribution in [0.1, 0.15) is 18.9 Å². The van der Waals surface area contributed by atoms with E-state index in [0.29, 0.717) is 13.0 Å². The lowest BCUT2D eigenvalue weighted by atomic mass is 10.0. The number of anilines is 1. The molecule has 6 heteroatoms. The molecule has 1 N–H and O–H groups in total. The zero-order valence-electron chi connectivity index (χ0n) is 14.3. The minimum absolute atomic E-state index is 0.101. The summed E-state index contributed by atoms with van der Waals surface area (Å²) in [4.78, 5) is 24.1. The number of amides is 1. The zero-order valence-corrected chi connectivity index (χ0v) is 15.1. The summed E-state index contributed by atoms with van der Waals surface area (Å²) >= 11 is 1.64. The molecule has 1 aromatic carbocycles. The third kappa shape index (κ3) is 2.98. The summed E-state index contributed by atoms with van der Waals surface area (Å²) in [5, 5.41) is 6.18. The van der Waals surface area contributed by atoms with Gasteiger partial charge in [-0.05, 0) is 19.4 Å². The van der Waals surface area contributed by atoms with Gasteiger partial charge >= 0.3 is 0 Å². The molecule has 0 bridgehead atoms. The van der Waals surface area contributed by atoms with Crippen molar-refractivity contribution in [1.82, 2.24) is 15.3 Å². The number of nitrogens with one attached hydrogen (secondary N) is 1. The Morgan fingerprint density at radius 3 is 2.84 bits per heavy atom. The number of aryl methyl sites for hydroxylation is 1. The summed E-state index contributed by atoms with van der Waals surface area (Å²) < 4.78 is 0. The Kier molecular flexibility index (Phi) is 4.13. The van der Waals surface area contributed by atoms with E-state index in [2.05, 4.69) is 63.7 Å². The molecule has 2 aromatic heterocycles. The molecule has 3 aromatic rings. The Bertz CT molecular complexity index is 919. The predicted octanol–water partition coefficient (Wildman–Crippen LogP) is 3.38. The summed E-state index contributed by atoms with van der Waals surface area (Å²) in [6.07, 6.45) is 2.11. The highest BCUT2D eigenvalue weighted by atomic mass is 32.1. The molecule has 4 rings (SSSR count). The molecule has 0 aliphatic carbocycles. The van der Waals surface area contributed by atoms with Crippen LogP contribution < -0.4 is 10.2 Å².